The van der Waals surface area contributed by atoms with Crippen LogP contribution in [0.4, 0.5) is 23.2 Å². The van der Waals surface area contributed by atoms with Gasteiger partial charge in [0.2, 0.25) is 0 Å². The number of benzene rings is 1. The molecule has 1 amide bonds. The predicted molar refractivity (Wildman–Crippen MR) is 95.8 cm³/mol. The average Bonchev–Trinajstić information content (AvgIpc) is 3.43. The van der Waals surface area contributed by atoms with Gasteiger partial charge in [-0.1, -0.05) is 11.6 Å². The lowest BCUT2D eigenvalue weighted by Gasteiger charge is -2.33. The van der Waals surface area contributed by atoms with Crippen molar-refractivity contribution in [1.82, 2.24) is 4.98 Å². The van der Waals surface area contributed by atoms with Crippen LogP contribution in [0.1, 0.15) is 22.5 Å². The molecule has 0 saturated heterocycles. The fourth-order valence-corrected chi connectivity index (χ4v) is 3.57. The van der Waals surface area contributed by atoms with E-state index in [9.17, 15) is 22.4 Å². The van der Waals surface area contributed by atoms with Crippen molar-refractivity contribution in [3.05, 3.63) is 58.4 Å². The Morgan fingerprint density at radius 3 is 2.76 bits per heavy atom. The minimum Gasteiger partial charge on any atom is -0.462 e. The molecule has 3 atom stereocenters. The minimum absolute atomic E-state index is 0.0557. The molecule has 6 nitrogen and oxygen atoms in total. The normalized spacial score (nSPS) is 25.1. The van der Waals surface area contributed by atoms with Crippen LogP contribution in [0.5, 0.6) is 0 Å². The number of carbonyl (C=O) groups is 1. The lowest BCUT2D eigenvalue weighted by molar-refractivity contribution is 0.0173. The summed E-state index contributed by atoms with van der Waals surface area (Å²) >= 11 is 5.71. The number of hydrogen-bond acceptors (Lipinski definition) is 5. The van der Waals surface area contributed by atoms with Gasteiger partial charge in [0, 0.05) is 29.4 Å². The van der Waals surface area contributed by atoms with Gasteiger partial charge in [0.1, 0.15) is 11.8 Å². The second-order valence-corrected chi connectivity index (χ2v) is 7.15. The van der Waals surface area contributed by atoms with E-state index in [1.165, 1.54) is 18.3 Å². The van der Waals surface area contributed by atoms with Crippen LogP contribution in [0.25, 0.3) is 0 Å². The molecule has 11 heteroatoms. The summed E-state index contributed by atoms with van der Waals surface area (Å²) in [7, 11) is 0. The number of aliphatic imine (C=N–C) groups is 1. The van der Waals surface area contributed by atoms with E-state index >= 15 is 0 Å². The Kier molecular flexibility index (Phi) is 4.60. The third-order valence-corrected chi connectivity index (χ3v) is 5.10. The molecule has 29 heavy (non-hydrogen) atoms. The largest absolute Gasteiger partial charge is 0.462 e. The molecule has 0 bridgehead atoms. The van der Waals surface area contributed by atoms with Gasteiger partial charge in [0.05, 0.1) is 5.02 Å². The van der Waals surface area contributed by atoms with Crippen LogP contribution in [-0.4, -0.2) is 29.4 Å². The van der Waals surface area contributed by atoms with Crippen LogP contribution in [-0.2, 0) is 10.3 Å². The lowest BCUT2D eigenvalue weighted by Crippen LogP contribution is -2.43. The highest BCUT2D eigenvalue weighted by molar-refractivity contribution is 6.30. The molecule has 0 radical (unpaired) electrons. The molecule has 1 unspecified atom stereocenters. The quantitative estimate of drug-likeness (QED) is 0.730. The molecule has 1 aromatic heterocycles. The summed E-state index contributed by atoms with van der Waals surface area (Å²) < 4.78 is 62.2. The number of rotatable bonds is 4. The van der Waals surface area contributed by atoms with Crippen molar-refractivity contribution in [3.63, 3.8) is 0 Å². The molecule has 2 aliphatic rings. The third-order valence-electron chi connectivity index (χ3n) is 4.87. The number of nitrogens with two attached hydrogens (primary N) is 1. The molecule has 0 spiro atoms. The van der Waals surface area contributed by atoms with Crippen molar-refractivity contribution in [2.75, 3.05) is 5.32 Å². The molecule has 1 aromatic carbocycles. The van der Waals surface area contributed by atoms with Gasteiger partial charge < -0.3 is 15.8 Å². The molecule has 1 saturated carbocycles. The van der Waals surface area contributed by atoms with Gasteiger partial charge in [-0.2, -0.15) is 0 Å². The molecule has 1 fully saturated rings. The number of halogens is 5. The summed E-state index contributed by atoms with van der Waals surface area (Å²) in [6, 6.07) is 3.82. The highest BCUT2D eigenvalue weighted by atomic mass is 35.5. The highest BCUT2D eigenvalue weighted by Gasteiger charge is 2.64. The molecule has 4 rings (SSSR count). The lowest BCUT2D eigenvalue weighted by atomic mass is 9.84. The number of pyridine rings is 1. The first-order chi connectivity index (χ1) is 13.7. The molecule has 1 aliphatic heterocycles. The van der Waals surface area contributed by atoms with E-state index in [1.807, 2.05) is 0 Å². The van der Waals surface area contributed by atoms with Crippen LogP contribution < -0.4 is 11.1 Å². The number of aromatic nitrogens is 1. The Labute approximate surface area is 166 Å². The van der Waals surface area contributed by atoms with Gasteiger partial charge in [-0.25, -0.2) is 27.5 Å². The van der Waals surface area contributed by atoms with Gasteiger partial charge in [-0.15, -0.1) is 0 Å². The molecule has 1 aliphatic carbocycles. The van der Waals surface area contributed by atoms with Crippen LogP contribution in [0, 0.1) is 17.6 Å². The van der Waals surface area contributed by atoms with Gasteiger partial charge in [-0.3, -0.25) is 4.79 Å². The third kappa shape index (κ3) is 3.27. The number of anilines is 1. The van der Waals surface area contributed by atoms with E-state index in [4.69, 9.17) is 22.1 Å². The summed E-state index contributed by atoms with van der Waals surface area (Å²) in [6.45, 7) is 0. The number of fused-ring (bicyclic) bond motifs is 1. The van der Waals surface area contributed by atoms with Crippen LogP contribution in [0.2, 0.25) is 5.02 Å². The highest BCUT2D eigenvalue weighted by Crippen LogP contribution is 2.56. The maximum atomic E-state index is 14.6. The van der Waals surface area contributed by atoms with Crippen molar-refractivity contribution < 1.29 is 27.1 Å². The SMILES string of the molecule is NC1=N[C@](c2cc(NC(=O)c3ccc(Cl)cn3)cc(F)c2F)(C(F)F)[C@@H]2CC2O1. The van der Waals surface area contributed by atoms with E-state index in [0.717, 1.165) is 6.07 Å². The first-order valence-corrected chi connectivity index (χ1v) is 8.82. The zero-order chi connectivity index (χ0) is 20.9. The Morgan fingerprint density at radius 1 is 1.34 bits per heavy atom. The monoisotopic (exact) mass is 428 g/mol. The second-order valence-electron chi connectivity index (χ2n) is 6.71. The molecule has 2 aromatic rings. The van der Waals surface area contributed by atoms with Gasteiger partial charge in [0.25, 0.3) is 18.4 Å². The number of hydrogen-bond donors (Lipinski definition) is 2. The summed E-state index contributed by atoms with van der Waals surface area (Å²) in [4.78, 5) is 19.8. The fourth-order valence-electron chi connectivity index (χ4n) is 3.46. The number of ether oxygens (including phenoxy) is 1. The number of alkyl halides is 2. The molecule has 152 valence electrons. The molecular weight excluding hydrogens is 416 g/mol. The summed E-state index contributed by atoms with van der Waals surface area (Å²) in [5.41, 5.74) is 2.08. The first-order valence-electron chi connectivity index (χ1n) is 8.45. The number of carbonyl (C=O) groups excluding carboxylic acids is 1. The number of nitrogens with one attached hydrogen (secondary N) is 1. The van der Waals surface area contributed by atoms with Crippen LogP contribution in [0.3, 0.4) is 0 Å². The van der Waals surface area contributed by atoms with Crippen molar-refractivity contribution in [1.29, 1.82) is 0 Å². The molecular formula is C18H13ClF4N4O2. The minimum atomic E-state index is -3.18. The van der Waals surface area contributed by atoms with E-state index in [-0.39, 0.29) is 17.8 Å². The van der Waals surface area contributed by atoms with Crippen LogP contribution in [0.15, 0.2) is 35.5 Å². The van der Waals surface area contributed by atoms with Crippen LogP contribution >= 0.6 is 11.6 Å². The standard InChI is InChI=1S/C18H13ClF4N4O2/c19-7-1-2-12(25-6-7)15(28)26-8-3-10(14(21)11(20)4-8)18(16(22)23)9-5-13(9)29-17(24)27-18/h1-4,6,9,13,16H,5H2,(H2,24,27)(H,26,28)/t9-,13?,18-/m1/s1. The van der Waals surface area contributed by atoms with E-state index in [0.29, 0.717) is 11.1 Å². The maximum Gasteiger partial charge on any atom is 0.283 e. The first kappa shape index (κ1) is 19.4. The van der Waals surface area contributed by atoms with E-state index in [2.05, 4.69) is 15.3 Å². The molecule has 2 heterocycles. The Morgan fingerprint density at radius 2 is 2.10 bits per heavy atom. The number of nitrogens with zero attached hydrogens (tertiary/aromatic N) is 2. The molecule has 3 N–H and O–H groups in total. The van der Waals surface area contributed by atoms with Crippen molar-refractivity contribution in [2.24, 2.45) is 16.6 Å². The zero-order valence-corrected chi connectivity index (χ0v) is 15.3. The summed E-state index contributed by atoms with van der Waals surface area (Å²) in [6.07, 6.45) is -2.44. The topological polar surface area (TPSA) is 89.6 Å². The fraction of sp³-hybridized carbons (Fsp3) is 0.278. The second kappa shape index (κ2) is 6.87. The number of amidine groups is 1. The summed E-state index contributed by atoms with van der Waals surface area (Å²) in [5.74, 6) is -4.53. The zero-order valence-electron chi connectivity index (χ0n) is 14.5. The summed E-state index contributed by atoms with van der Waals surface area (Å²) in [5, 5.41) is 2.61. The number of amides is 1. The van der Waals surface area contributed by atoms with Gasteiger partial charge >= 0.3 is 0 Å². The van der Waals surface area contributed by atoms with Crippen molar-refractivity contribution in [3.8, 4) is 0 Å². The predicted octanol–water partition coefficient (Wildman–Crippen LogP) is 3.46. The van der Waals surface area contributed by atoms with Gasteiger partial charge in [-0.05, 0) is 24.6 Å². The van der Waals surface area contributed by atoms with E-state index in [1.54, 1.807) is 0 Å². The Bertz CT molecular complexity index is 1020. The average molecular weight is 429 g/mol. The van der Waals surface area contributed by atoms with Crippen molar-refractivity contribution in [2.45, 2.75) is 24.5 Å². The van der Waals surface area contributed by atoms with E-state index < -0.39 is 53.1 Å². The van der Waals surface area contributed by atoms with Crippen molar-refractivity contribution >= 4 is 29.2 Å². The Balaban J connectivity index is 1.75. The smallest absolute Gasteiger partial charge is 0.283 e. The Hall–Kier alpha value is -2.88. The van der Waals surface area contributed by atoms with Gasteiger partial charge in [0.15, 0.2) is 17.2 Å². The maximum absolute atomic E-state index is 14.6.